The van der Waals surface area contributed by atoms with Crippen molar-refractivity contribution in [3.05, 3.63) is 49.8 Å². The summed E-state index contributed by atoms with van der Waals surface area (Å²) in [5, 5.41) is 12.0. The molecule has 2 aromatic heterocycles. The van der Waals surface area contributed by atoms with E-state index < -0.39 is 11.5 Å². The molecular weight excluding hydrogens is 276 g/mol. The molecule has 6 heteroatoms. The summed E-state index contributed by atoms with van der Waals surface area (Å²) >= 11 is 1.57. The van der Waals surface area contributed by atoms with Crippen LogP contribution >= 0.6 is 11.3 Å². The average Bonchev–Trinajstić information content (AvgIpc) is 2.81. The van der Waals surface area contributed by atoms with E-state index in [1.807, 2.05) is 5.38 Å². The van der Waals surface area contributed by atoms with Crippen LogP contribution in [-0.2, 0) is 13.0 Å². The quantitative estimate of drug-likeness (QED) is 0.918. The number of hydrogen-bond acceptors (Lipinski definition) is 4. The number of carboxylic acid groups (broad SMARTS) is 1. The first-order valence-electron chi connectivity index (χ1n) is 6.39. The van der Waals surface area contributed by atoms with Gasteiger partial charge in [0.15, 0.2) is 0 Å². The van der Waals surface area contributed by atoms with Crippen LogP contribution in [-0.4, -0.2) is 20.6 Å². The zero-order chi connectivity index (χ0) is 14.7. The zero-order valence-corrected chi connectivity index (χ0v) is 12.2. The normalized spacial score (nSPS) is 10.7. The number of carboxylic acids is 1. The summed E-state index contributed by atoms with van der Waals surface area (Å²) in [4.78, 5) is 27.7. The third-order valence-electron chi connectivity index (χ3n) is 2.98. The average molecular weight is 292 g/mol. The van der Waals surface area contributed by atoms with Crippen molar-refractivity contribution in [3.63, 3.8) is 0 Å². The second kappa shape index (κ2) is 6.00. The summed E-state index contributed by atoms with van der Waals surface area (Å²) in [6.45, 7) is 4.02. The van der Waals surface area contributed by atoms with Crippen molar-refractivity contribution in [1.82, 2.24) is 9.55 Å². The Bertz CT molecular complexity index is 688. The Balaban J connectivity index is 2.31. The highest BCUT2D eigenvalue weighted by molar-refractivity contribution is 7.09. The maximum atomic E-state index is 12.1. The second-order valence-electron chi connectivity index (χ2n) is 4.59. The third kappa shape index (κ3) is 2.96. The van der Waals surface area contributed by atoms with E-state index in [0.29, 0.717) is 12.1 Å². The van der Waals surface area contributed by atoms with E-state index in [9.17, 15) is 9.59 Å². The summed E-state index contributed by atoms with van der Waals surface area (Å²) in [6.07, 6.45) is 3.57. The Hall–Kier alpha value is -1.95. The molecule has 0 fully saturated rings. The SMILES string of the molecule is CCCc1nc(Cn2ccc(C)c(C(=O)O)c2=O)cs1. The number of rotatable bonds is 5. The van der Waals surface area contributed by atoms with Crippen LogP contribution in [0.5, 0.6) is 0 Å². The van der Waals surface area contributed by atoms with Crippen LogP contribution in [0.2, 0.25) is 0 Å². The van der Waals surface area contributed by atoms with E-state index >= 15 is 0 Å². The summed E-state index contributed by atoms with van der Waals surface area (Å²) in [5.74, 6) is -1.19. The van der Waals surface area contributed by atoms with Crippen molar-refractivity contribution in [3.8, 4) is 0 Å². The van der Waals surface area contributed by atoms with Gasteiger partial charge in [0.2, 0.25) is 0 Å². The van der Waals surface area contributed by atoms with Crippen molar-refractivity contribution in [1.29, 1.82) is 0 Å². The number of nitrogens with zero attached hydrogens (tertiary/aromatic N) is 2. The van der Waals surface area contributed by atoms with E-state index in [1.54, 1.807) is 30.5 Å². The van der Waals surface area contributed by atoms with Crippen LogP contribution in [0, 0.1) is 6.92 Å². The third-order valence-corrected chi connectivity index (χ3v) is 3.94. The number of thiazole rings is 1. The largest absolute Gasteiger partial charge is 0.477 e. The van der Waals surface area contributed by atoms with Gasteiger partial charge in [-0.25, -0.2) is 9.78 Å². The fourth-order valence-electron chi connectivity index (χ4n) is 1.97. The van der Waals surface area contributed by atoms with Crippen LogP contribution in [0.3, 0.4) is 0 Å². The van der Waals surface area contributed by atoms with Gasteiger partial charge in [-0.1, -0.05) is 6.92 Å². The van der Waals surface area contributed by atoms with E-state index in [-0.39, 0.29) is 5.56 Å². The molecule has 0 unspecified atom stereocenters. The predicted molar refractivity (Wildman–Crippen MR) is 77.6 cm³/mol. The monoisotopic (exact) mass is 292 g/mol. The fraction of sp³-hybridized carbons (Fsp3) is 0.357. The fourth-order valence-corrected chi connectivity index (χ4v) is 2.87. The lowest BCUT2D eigenvalue weighted by molar-refractivity contribution is 0.0693. The molecule has 0 saturated heterocycles. The molecule has 2 aromatic rings. The van der Waals surface area contributed by atoms with Gasteiger partial charge < -0.3 is 9.67 Å². The molecule has 0 bridgehead atoms. The van der Waals surface area contributed by atoms with Gasteiger partial charge in [0, 0.05) is 11.6 Å². The number of aromatic nitrogens is 2. The van der Waals surface area contributed by atoms with Crippen molar-refractivity contribution >= 4 is 17.3 Å². The number of aromatic carboxylic acids is 1. The summed E-state index contributed by atoms with van der Waals surface area (Å²) in [7, 11) is 0. The Kier molecular flexibility index (Phi) is 4.34. The molecule has 0 aromatic carbocycles. The molecule has 5 nitrogen and oxygen atoms in total. The smallest absolute Gasteiger partial charge is 0.341 e. The molecule has 2 heterocycles. The van der Waals surface area contributed by atoms with E-state index in [1.165, 1.54) is 4.57 Å². The van der Waals surface area contributed by atoms with Crippen LogP contribution in [0.1, 0.15) is 40.0 Å². The van der Waals surface area contributed by atoms with Gasteiger partial charge in [-0.3, -0.25) is 4.79 Å². The van der Waals surface area contributed by atoms with E-state index in [0.717, 1.165) is 23.5 Å². The number of hydrogen-bond donors (Lipinski definition) is 1. The molecule has 0 saturated carbocycles. The highest BCUT2D eigenvalue weighted by atomic mass is 32.1. The number of aryl methyl sites for hydroxylation is 2. The molecular formula is C14H16N2O3S. The molecule has 0 aliphatic heterocycles. The van der Waals surface area contributed by atoms with Crippen molar-refractivity contribution in [2.75, 3.05) is 0 Å². The van der Waals surface area contributed by atoms with Crippen molar-refractivity contribution < 1.29 is 9.90 Å². The molecule has 106 valence electrons. The molecule has 0 aliphatic carbocycles. The van der Waals surface area contributed by atoms with Gasteiger partial charge in [-0.15, -0.1) is 11.3 Å². The van der Waals surface area contributed by atoms with Crippen molar-refractivity contribution in [2.45, 2.75) is 33.2 Å². The van der Waals surface area contributed by atoms with E-state index in [4.69, 9.17) is 5.11 Å². The predicted octanol–water partition coefficient (Wildman–Crippen LogP) is 2.31. The first-order chi connectivity index (χ1) is 9.52. The molecule has 2 rings (SSSR count). The first-order valence-corrected chi connectivity index (χ1v) is 7.27. The van der Waals surface area contributed by atoms with Crippen molar-refractivity contribution in [2.24, 2.45) is 0 Å². The molecule has 20 heavy (non-hydrogen) atoms. The van der Waals surface area contributed by atoms with Gasteiger partial charge in [-0.05, 0) is 31.4 Å². The Morgan fingerprint density at radius 3 is 2.90 bits per heavy atom. The molecule has 0 radical (unpaired) electrons. The minimum absolute atomic E-state index is 0.170. The first kappa shape index (κ1) is 14.5. The highest BCUT2D eigenvalue weighted by Gasteiger charge is 2.14. The summed E-state index contributed by atoms with van der Waals surface area (Å²) in [5.41, 5.74) is 0.614. The zero-order valence-electron chi connectivity index (χ0n) is 11.4. The van der Waals surface area contributed by atoms with Crippen LogP contribution < -0.4 is 5.56 Å². The van der Waals surface area contributed by atoms with E-state index in [2.05, 4.69) is 11.9 Å². The highest BCUT2D eigenvalue weighted by Crippen LogP contribution is 2.12. The second-order valence-corrected chi connectivity index (χ2v) is 5.54. The van der Waals surface area contributed by atoms with Crippen LogP contribution in [0.15, 0.2) is 22.4 Å². The molecule has 1 N–H and O–H groups in total. The minimum Gasteiger partial charge on any atom is -0.477 e. The minimum atomic E-state index is -1.19. The molecule has 0 atom stereocenters. The molecule has 0 spiro atoms. The van der Waals surface area contributed by atoms with Gasteiger partial charge in [-0.2, -0.15) is 0 Å². The summed E-state index contributed by atoms with van der Waals surface area (Å²) in [6, 6.07) is 1.64. The lowest BCUT2D eigenvalue weighted by Gasteiger charge is -2.06. The standard InChI is InChI=1S/C14H16N2O3S/c1-3-4-11-15-10(8-20-11)7-16-6-5-9(2)12(13(16)17)14(18)19/h5-6,8H,3-4,7H2,1-2H3,(H,18,19). The molecule has 0 amide bonds. The Labute approximate surface area is 120 Å². The van der Waals surface area contributed by atoms with Gasteiger partial charge in [0.1, 0.15) is 5.56 Å². The number of pyridine rings is 1. The van der Waals surface area contributed by atoms with Gasteiger partial charge >= 0.3 is 5.97 Å². The lowest BCUT2D eigenvalue weighted by atomic mass is 10.1. The lowest BCUT2D eigenvalue weighted by Crippen LogP contribution is -2.27. The number of carbonyl (C=O) groups is 1. The van der Waals surface area contributed by atoms with Gasteiger partial charge in [0.25, 0.3) is 5.56 Å². The topological polar surface area (TPSA) is 72.2 Å². The molecule has 0 aliphatic rings. The summed E-state index contributed by atoms with van der Waals surface area (Å²) < 4.78 is 1.39. The Morgan fingerprint density at radius 1 is 1.50 bits per heavy atom. The van der Waals surface area contributed by atoms with Crippen LogP contribution in [0.4, 0.5) is 0 Å². The Morgan fingerprint density at radius 2 is 2.25 bits per heavy atom. The van der Waals surface area contributed by atoms with Crippen LogP contribution in [0.25, 0.3) is 0 Å². The maximum absolute atomic E-state index is 12.1. The maximum Gasteiger partial charge on any atom is 0.341 e. The van der Waals surface area contributed by atoms with Gasteiger partial charge in [0.05, 0.1) is 17.2 Å².